The Labute approximate surface area is 96.5 Å². The second-order valence-electron chi connectivity index (χ2n) is 4.43. The molecule has 0 aliphatic carbocycles. The molecule has 1 fully saturated rings. The maximum atomic E-state index is 6.20. The summed E-state index contributed by atoms with van der Waals surface area (Å²) in [5.41, 5.74) is 9.81. The largest absolute Gasteiger partial charge is 0.376 e. The SMILES string of the molecule is Cc1cc(C)cc(C(N)C2COCCO2)c1. The van der Waals surface area contributed by atoms with Crippen molar-refractivity contribution in [2.45, 2.75) is 26.0 Å². The number of benzene rings is 1. The van der Waals surface area contributed by atoms with Crippen LogP contribution in [0.3, 0.4) is 0 Å². The predicted molar refractivity (Wildman–Crippen MR) is 63.4 cm³/mol. The summed E-state index contributed by atoms with van der Waals surface area (Å²) in [6.45, 7) is 6.08. The van der Waals surface area contributed by atoms with Gasteiger partial charge in [-0.2, -0.15) is 0 Å². The van der Waals surface area contributed by atoms with Gasteiger partial charge in [-0.15, -0.1) is 0 Å². The molecule has 0 amide bonds. The standard InChI is InChI=1S/C13H19NO2/c1-9-5-10(2)7-11(6-9)13(14)12-8-15-3-4-16-12/h5-7,12-13H,3-4,8,14H2,1-2H3. The monoisotopic (exact) mass is 221 g/mol. The van der Waals surface area contributed by atoms with Crippen molar-refractivity contribution in [3.63, 3.8) is 0 Å². The third kappa shape index (κ3) is 2.61. The Morgan fingerprint density at radius 3 is 2.44 bits per heavy atom. The molecule has 88 valence electrons. The molecule has 1 aromatic rings. The van der Waals surface area contributed by atoms with Gasteiger partial charge in [-0.3, -0.25) is 0 Å². The first kappa shape index (κ1) is 11.6. The molecule has 1 aromatic carbocycles. The molecular formula is C13H19NO2. The minimum absolute atomic E-state index is 0.0186. The van der Waals surface area contributed by atoms with Crippen LogP contribution in [0.2, 0.25) is 0 Å². The van der Waals surface area contributed by atoms with Gasteiger partial charge in [-0.05, 0) is 19.4 Å². The van der Waals surface area contributed by atoms with Crippen molar-refractivity contribution in [3.05, 3.63) is 34.9 Å². The fourth-order valence-corrected chi connectivity index (χ4v) is 2.13. The Hall–Kier alpha value is -0.900. The van der Waals surface area contributed by atoms with Crippen molar-refractivity contribution in [1.82, 2.24) is 0 Å². The number of ether oxygens (including phenoxy) is 2. The second-order valence-corrected chi connectivity index (χ2v) is 4.43. The molecule has 2 rings (SSSR count). The molecule has 2 unspecified atom stereocenters. The Morgan fingerprint density at radius 2 is 1.88 bits per heavy atom. The Balaban J connectivity index is 2.15. The van der Waals surface area contributed by atoms with Crippen LogP contribution in [0.1, 0.15) is 22.7 Å². The van der Waals surface area contributed by atoms with Crippen LogP contribution in [0, 0.1) is 13.8 Å². The molecule has 0 saturated carbocycles. The minimum Gasteiger partial charge on any atom is -0.376 e. The summed E-state index contributed by atoms with van der Waals surface area (Å²) >= 11 is 0. The van der Waals surface area contributed by atoms with Crippen molar-refractivity contribution in [2.75, 3.05) is 19.8 Å². The Bertz CT molecular complexity index is 339. The van der Waals surface area contributed by atoms with E-state index in [4.69, 9.17) is 15.2 Å². The summed E-state index contributed by atoms with van der Waals surface area (Å²) in [5, 5.41) is 0. The van der Waals surface area contributed by atoms with Crippen molar-refractivity contribution in [3.8, 4) is 0 Å². The van der Waals surface area contributed by atoms with Crippen LogP contribution in [0.5, 0.6) is 0 Å². The highest BCUT2D eigenvalue weighted by atomic mass is 16.6. The maximum Gasteiger partial charge on any atom is 0.100 e. The molecule has 2 atom stereocenters. The summed E-state index contributed by atoms with van der Waals surface area (Å²) in [6, 6.07) is 6.29. The zero-order chi connectivity index (χ0) is 11.5. The third-order valence-corrected chi connectivity index (χ3v) is 2.87. The normalized spacial score (nSPS) is 23.1. The van der Waals surface area contributed by atoms with Crippen LogP contribution in [-0.2, 0) is 9.47 Å². The number of hydrogen-bond donors (Lipinski definition) is 1. The van der Waals surface area contributed by atoms with Crippen LogP contribution in [0.15, 0.2) is 18.2 Å². The van der Waals surface area contributed by atoms with Gasteiger partial charge in [0.2, 0.25) is 0 Å². The average molecular weight is 221 g/mol. The van der Waals surface area contributed by atoms with Crippen LogP contribution < -0.4 is 5.73 Å². The molecule has 1 aliphatic heterocycles. The van der Waals surface area contributed by atoms with Gasteiger partial charge in [0, 0.05) is 0 Å². The molecule has 0 aromatic heterocycles. The molecule has 2 N–H and O–H groups in total. The van der Waals surface area contributed by atoms with Gasteiger partial charge in [-0.1, -0.05) is 29.3 Å². The van der Waals surface area contributed by atoms with E-state index in [1.54, 1.807) is 0 Å². The summed E-state index contributed by atoms with van der Waals surface area (Å²) in [4.78, 5) is 0. The molecule has 0 radical (unpaired) electrons. The van der Waals surface area contributed by atoms with Gasteiger partial charge in [0.05, 0.1) is 25.9 Å². The Kier molecular flexibility index (Phi) is 3.59. The molecule has 3 heteroatoms. The summed E-state index contributed by atoms with van der Waals surface area (Å²) in [5.74, 6) is 0. The highest BCUT2D eigenvalue weighted by Crippen LogP contribution is 2.21. The lowest BCUT2D eigenvalue weighted by Gasteiger charge is -2.28. The molecule has 1 aliphatic rings. The van der Waals surface area contributed by atoms with Crippen molar-refractivity contribution in [1.29, 1.82) is 0 Å². The van der Waals surface area contributed by atoms with Crippen molar-refractivity contribution in [2.24, 2.45) is 5.73 Å². The molecular weight excluding hydrogens is 202 g/mol. The van der Waals surface area contributed by atoms with E-state index in [0.29, 0.717) is 19.8 Å². The van der Waals surface area contributed by atoms with Crippen molar-refractivity contribution >= 4 is 0 Å². The van der Waals surface area contributed by atoms with E-state index in [1.165, 1.54) is 11.1 Å². The van der Waals surface area contributed by atoms with E-state index in [-0.39, 0.29) is 12.1 Å². The van der Waals surface area contributed by atoms with Gasteiger partial charge in [0.1, 0.15) is 6.10 Å². The van der Waals surface area contributed by atoms with Crippen LogP contribution in [0.25, 0.3) is 0 Å². The molecule has 1 saturated heterocycles. The van der Waals surface area contributed by atoms with Gasteiger partial charge >= 0.3 is 0 Å². The lowest BCUT2D eigenvalue weighted by Crippen LogP contribution is -2.37. The van der Waals surface area contributed by atoms with E-state index in [9.17, 15) is 0 Å². The van der Waals surface area contributed by atoms with Gasteiger partial charge in [0.15, 0.2) is 0 Å². The van der Waals surface area contributed by atoms with Crippen molar-refractivity contribution < 1.29 is 9.47 Å². The lowest BCUT2D eigenvalue weighted by molar-refractivity contribution is -0.0975. The zero-order valence-electron chi connectivity index (χ0n) is 9.90. The maximum absolute atomic E-state index is 6.20. The van der Waals surface area contributed by atoms with E-state index in [1.807, 2.05) is 0 Å². The van der Waals surface area contributed by atoms with Gasteiger partial charge in [0.25, 0.3) is 0 Å². The highest BCUT2D eigenvalue weighted by molar-refractivity contribution is 5.31. The average Bonchev–Trinajstić information content (AvgIpc) is 2.28. The summed E-state index contributed by atoms with van der Waals surface area (Å²) in [6.07, 6.45) is -0.0186. The highest BCUT2D eigenvalue weighted by Gasteiger charge is 2.23. The molecule has 1 heterocycles. The van der Waals surface area contributed by atoms with E-state index in [2.05, 4.69) is 32.0 Å². The van der Waals surface area contributed by atoms with Crippen LogP contribution >= 0.6 is 0 Å². The van der Waals surface area contributed by atoms with Gasteiger partial charge in [-0.25, -0.2) is 0 Å². The van der Waals surface area contributed by atoms with Gasteiger partial charge < -0.3 is 15.2 Å². The number of nitrogens with two attached hydrogens (primary N) is 1. The smallest absolute Gasteiger partial charge is 0.100 e. The number of rotatable bonds is 2. The van der Waals surface area contributed by atoms with E-state index >= 15 is 0 Å². The quantitative estimate of drug-likeness (QED) is 0.827. The fraction of sp³-hybridized carbons (Fsp3) is 0.538. The number of hydrogen-bond acceptors (Lipinski definition) is 3. The van der Waals surface area contributed by atoms with E-state index in [0.717, 1.165) is 5.56 Å². The summed E-state index contributed by atoms with van der Waals surface area (Å²) < 4.78 is 11.0. The molecule has 3 nitrogen and oxygen atoms in total. The van der Waals surface area contributed by atoms with E-state index < -0.39 is 0 Å². The minimum atomic E-state index is -0.0982. The first-order valence-electron chi connectivity index (χ1n) is 5.70. The molecule has 0 spiro atoms. The second kappa shape index (κ2) is 4.95. The number of aryl methyl sites for hydroxylation is 2. The Morgan fingerprint density at radius 1 is 1.19 bits per heavy atom. The fourth-order valence-electron chi connectivity index (χ4n) is 2.13. The third-order valence-electron chi connectivity index (χ3n) is 2.87. The summed E-state index contributed by atoms with van der Waals surface area (Å²) in [7, 11) is 0. The van der Waals surface area contributed by atoms with Crippen LogP contribution in [-0.4, -0.2) is 25.9 Å². The first-order valence-corrected chi connectivity index (χ1v) is 5.70. The zero-order valence-corrected chi connectivity index (χ0v) is 9.90. The lowest BCUT2D eigenvalue weighted by atomic mass is 9.98. The molecule has 16 heavy (non-hydrogen) atoms. The molecule has 0 bridgehead atoms. The predicted octanol–water partition coefficient (Wildman–Crippen LogP) is 1.72. The van der Waals surface area contributed by atoms with Crippen LogP contribution in [0.4, 0.5) is 0 Å². The first-order chi connectivity index (χ1) is 7.66. The topological polar surface area (TPSA) is 44.5 Å².